The van der Waals surface area contributed by atoms with Crippen LogP contribution in [0.2, 0.25) is 0 Å². The zero-order valence-corrected chi connectivity index (χ0v) is 19.2. The topological polar surface area (TPSA) is 79.0 Å². The van der Waals surface area contributed by atoms with Crippen molar-refractivity contribution in [2.45, 2.75) is 32.4 Å². The van der Waals surface area contributed by atoms with E-state index in [0.717, 1.165) is 31.5 Å². The standard InChI is InChI=1S/C23H31N3O4S/c1-4-30-22-8-6-5-7-21(22)26(31(3,28)29)17-18-9-11-19(12-10-18)23(27)24-20-13-15-25(2)16-14-20/h5-12,20H,4,13-17H2,1-3H3,(H,24,27). The first-order valence-electron chi connectivity index (χ1n) is 10.6. The van der Waals surface area contributed by atoms with Crippen LogP contribution < -0.4 is 14.4 Å². The lowest BCUT2D eigenvalue weighted by atomic mass is 10.0. The molecule has 1 aliphatic heterocycles. The lowest BCUT2D eigenvalue weighted by molar-refractivity contribution is 0.0917. The van der Waals surface area contributed by atoms with E-state index < -0.39 is 10.0 Å². The van der Waals surface area contributed by atoms with Crippen molar-refractivity contribution in [2.24, 2.45) is 0 Å². The Morgan fingerprint density at radius 1 is 1.13 bits per heavy atom. The molecular formula is C23H31N3O4S. The minimum atomic E-state index is -3.54. The number of carbonyl (C=O) groups is 1. The van der Waals surface area contributed by atoms with Crippen molar-refractivity contribution in [3.8, 4) is 5.75 Å². The molecule has 0 aliphatic carbocycles. The summed E-state index contributed by atoms with van der Waals surface area (Å²) < 4.78 is 32.0. The Kier molecular flexibility index (Phi) is 7.56. The van der Waals surface area contributed by atoms with Crippen LogP contribution in [0.1, 0.15) is 35.7 Å². The highest BCUT2D eigenvalue weighted by atomic mass is 32.2. The van der Waals surface area contributed by atoms with Crippen LogP contribution in [0.25, 0.3) is 0 Å². The summed E-state index contributed by atoms with van der Waals surface area (Å²) in [5, 5.41) is 3.10. The summed E-state index contributed by atoms with van der Waals surface area (Å²) in [5.74, 6) is 0.423. The maximum absolute atomic E-state index is 12.6. The minimum absolute atomic E-state index is 0.0947. The molecule has 1 heterocycles. The molecule has 7 nitrogen and oxygen atoms in total. The third-order valence-electron chi connectivity index (χ3n) is 5.43. The van der Waals surface area contributed by atoms with Gasteiger partial charge in [0.2, 0.25) is 10.0 Å². The predicted molar refractivity (Wildman–Crippen MR) is 123 cm³/mol. The number of rotatable bonds is 8. The summed E-state index contributed by atoms with van der Waals surface area (Å²) in [7, 11) is -1.45. The molecule has 31 heavy (non-hydrogen) atoms. The molecule has 1 amide bonds. The van der Waals surface area contributed by atoms with Gasteiger partial charge in [0.1, 0.15) is 5.75 Å². The van der Waals surface area contributed by atoms with Crippen molar-refractivity contribution >= 4 is 21.6 Å². The average molecular weight is 446 g/mol. The number of hydrogen-bond donors (Lipinski definition) is 1. The van der Waals surface area contributed by atoms with Crippen LogP contribution in [0.15, 0.2) is 48.5 Å². The summed E-state index contributed by atoms with van der Waals surface area (Å²) >= 11 is 0. The van der Waals surface area contributed by atoms with E-state index >= 15 is 0 Å². The fourth-order valence-corrected chi connectivity index (χ4v) is 4.56. The Balaban J connectivity index is 1.73. The molecule has 0 radical (unpaired) electrons. The smallest absolute Gasteiger partial charge is 0.251 e. The highest BCUT2D eigenvalue weighted by Crippen LogP contribution is 2.31. The second kappa shape index (κ2) is 10.2. The Labute approximate surface area is 185 Å². The normalized spacial score (nSPS) is 15.5. The van der Waals surface area contributed by atoms with Gasteiger partial charge in [0.25, 0.3) is 5.91 Å². The van der Waals surface area contributed by atoms with Crippen LogP contribution >= 0.6 is 0 Å². The van der Waals surface area contributed by atoms with E-state index in [0.29, 0.717) is 23.6 Å². The zero-order valence-electron chi connectivity index (χ0n) is 18.4. The maximum Gasteiger partial charge on any atom is 0.251 e. The van der Waals surface area contributed by atoms with Crippen molar-refractivity contribution in [1.29, 1.82) is 0 Å². The lowest BCUT2D eigenvalue weighted by Gasteiger charge is -2.29. The Morgan fingerprint density at radius 3 is 2.39 bits per heavy atom. The van der Waals surface area contributed by atoms with Gasteiger partial charge in [-0.05, 0) is 69.7 Å². The molecule has 0 aromatic heterocycles. The average Bonchev–Trinajstić information content (AvgIpc) is 2.74. The third-order valence-corrected chi connectivity index (χ3v) is 6.56. The number of amides is 1. The molecule has 3 rings (SSSR count). The maximum atomic E-state index is 12.6. The van der Waals surface area contributed by atoms with E-state index in [1.54, 1.807) is 42.5 Å². The van der Waals surface area contributed by atoms with E-state index in [4.69, 9.17) is 4.74 Å². The van der Waals surface area contributed by atoms with Gasteiger partial charge >= 0.3 is 0 Å². The van der Waals surface area contributed by atoms with Crippen molar-refractivity contribution in [2.75, 3.05) is 37.3 Å². The molecule has 0 saturated carbocycles. The van der Waals surface area contributed by atoms with Gasteiger partial charge in [0, 0.05) is 11.6 Å². The zero-order chi connectivity index (χ0) is 22.4. The number of anilines is 1. The Bertz CT molecular complexity index is 984. The predicted octanol–water partition coefficient (Wildman–Crippen LogP) is 2.88. The van der Waals surface area contributed by atoms with Crippen LogP contribution in [0.4, 0.5) is 5.69 Å². The quantitative estimate of drug-likeness (QED) is 0.676. The van der Waals surface area contributed by atoms with Crippen molar-refractivity contribution in [3.63, 3.8) is 0 Å². The van der Waals surface area contributed by atoms with Gasteiger partial charge in [0.05, 0.1) is 25.1 Å². The Morgan fingerprint density at radius 2 is 1.77 bits per heavy atom. The van der Waals surface area contributed by atoms with Crippen molar-refractivity contribution < 1.29 is 17.9 Å². The number of benzene rings is 2. The van der Waals surface area contributed by atoms with Crippen LogP contribution in [0.3, 0.4) is 0 Å². The highest BCUT2D eigenvalue weighted by Gasteiger charge is 2.22. The second-order valence-corrected chi connectivity index (χ2v) is 9.83. The summed E-state index contributed by atoms with van der Waals surface area (Å²) in [4.78, 5) is 14.8. The van der Waals surface area contributed by atoms with Gasteiger partial charge in [-0.1, -0.05) is 24.3 Å². The molecule has 1 fully saturated rings. The third kappa shape index (κ3) is 6.21. The largest absolute Gasteiger partial charge is 0.492 e. The van der Waals surface area contributed by atoms with E-state index in [1.165, 1.54) is 10.6 Å². The summed E-state index contributed by atoms with van der Waals surface area (Å²) in [6.45, 7) is 4.41. The monoisotopic (exact) mass is 445 g/mol. The first-order chi connectivity index (χ1) is 14.8. The summed E-state index contributed by atoms with van der Waals surface area (Å²) in [6.07, 6.45) is 3.07. The van der Waals surface area contributed by atoms with Gasteiger partial charge in [0.15, 0.2) is 0 Å². The van der Waals surface area contributed by atoms with E-state index in [-0.39, 0.29) is 18.5 Å². The van der Waals surface area contributed by atoms with Crippen molar-refractivity contribution in [3.05, 3.63) is 59.7 Å². The fraction of sp³-hybridized carbons (Fsp3) is 0.435. The SMILES string of the molecule is CCOc1ccccc1N(Cc1ccc(C(=O)NC2CCN(C)CC2)cc1)S(C)(=O)=O. The molecule has 0 unspecified atom stereocenters. The molecule has 1 aliphatic rings. The molecule has 2 aromatic carbocycles. The molecule has 168 valence electrons. The van der Waals surface area contributed by atoms with E-state index in [1.807, 2.05) is 13.0 Å². The molecule has 8 heteroatoms. The molecule has 1 saturated heterocycles. The minimum Gasteiger partial charge on any atom is -0.492 e. The van der Waals surface area contributed by atoms with Crippen LogP contribution in [-0.4, -0.2) is 58.3 Å². The highest BCUT2D eigenvalue weighted by molar-refractivity contribution is 7.92. The fourth-order valence-electron chi connectivity index (χ4n) is 3.67. The van der Waals surface area contributed by atoms with Crippen molar-refractivity contribution in [1.82, 2.24) is 10.2 Å². The summed E-state index contributed by atoms with van der Waals surface area (Å²) in [5.41, 5.74) is 1.85. The van der Waals surface area contributed by atoms with Crippen LogP contribution in [0.5, 0.6) is 5.75 Å². The van der Waals surface area contributed by atoms with Gasteiger partial charge in [-0.15, -0.1) is 0 Å². The molecular weight excluding hydrogens is 414 g/mol. The summed E-state index contributed by atoms with van der Waals surface area (Å²) in [6, 6.07) is 14.4. The number of carbonyl (C=O) groups excluding carboxylic acids is 1. The number of nitrogens with one attached hydrogen (secondary N) is 1. The molecule has 0 atom stereocenters. The lowest BCUT2D eigenvalue weighted by Crippen LogP contribution is -2.43. The van der Waals surface area contributed by atoms with Gasteiger partial charge in [-0.25, -0.2) is 8.42 Å². The van der Waals surface area contributed by atoms with Crippen LogP contribution in [0, 0.1) is 0 Å². The number of ether oxygens (including phenoxy) is 1. The molecule has 0 spiro atoms. The van der Waals surface area contributed by atoms with E-state index in [9.17, 15) is 13.2 Å². The number of sulfonamides is 1. The number of para-hydroxylation sites is 2. The number of hydrogen-bond acceptors (Lipinski definition) is 5. The van der Waals surface area contributed by atoms with Gasteiger partial charge < -0.3 is 15.0 Å². The number of likely N-dealkylation sites (tertiary alicyclic amines) is 1. The number of nitrogens with zero attached hydrogens (tertiary/aromatic N) is 2. The molecule has 2 aromatic rings. The first kappa shape index (κ1) is 23.1. The molecule has 1 N–H and O–H groups in total. The van der Waals surface area contributed by atoms with E-state index in [2.05, 4.69) is 17.3 Å². The van der Waals surface area contributed by atoms with Gasteiger partial charge in [-0.3, -0.25) is 9.10 Å². The first-order valence-corrected chi connectivity index (χ1v) is 12.4. The van der Waals surface area contributed by atoms with Crippen LogP contribution in [-0.2, 0) is 16.6 Å². The molecule has 0 bridgehead atoms. The van der Waals surface area contributed by atoms with Gasteiger partial charge in [-0.2, -0.15) is 0 Å². The number of piperidine rings is 1. The Hall–Kier alpha value is -2.58. The second-order valence-electron chi connectivity index (χ2n) is 7.92.